The molecule has 1 unspecified atom stereocenters. The number of likely N-dealkylation sites (N-methyl/N-ethyl adjacent to an activating group) is 1. The Bertz CT molecular complexity index is 479. The fourth-order valence-electron chi connectivity index (χ4n) is 1.24. The average Bonchev–Trinajstić information content (AvgIpc) is 2.30. The lowest BCUT2D eigenvalue weighted by atomic mass is 10.2. The number of carbonyl (C=O) groups excluding carboxylic acids is 2. The predicted molar refractivity (Wildman–Crippen MR) is 67.7 cm³/mol. The number of amides is 2. The van der Waals surface area contributed by atoms with Crippen LogP contribution in [-0.4, -0.2) is 47.0 Å². The van der Waals surface area contributed by atoms with Gasteiger partial charge in [0.2, 0.25) is 5.91 Å². The molecule has 0 saturated heterocycles. The molecule has 0 aromatic carbocycles. The van der Waals surface area contributed by atoms with Gasteiger partial charge in [0.05, 0.1) is 5.56 Å². The Morgan fingerprint density at radius 3 is 2.50 bits per heavy atom. The first kappa shape index (κ1) is 14.7. The van der Waals surface area contributed by atoms with Crippen LogP contribution in [0.15, 0.2) is 6.07 Å². The summed E-state index contributed by atoms with van der Waals surface area (Å²) >= 11 is 11.4. The van der Waals surface area contributed by atoms with Gasteiger partial charge in [-0.15, -0.1) is 10.2 Å². The second-order valence-corrected chi connectivity index (χ2v) is 4.54. The quantitative estimate of drug-likeness (QED) is 0.901. The van der Waals surface area contributed by atoms with Crippen LogP contribution in [0.25, 0.3) is 0 Å². The maximum atomic E-state index is 11.9. The van der Waals surface area contributed by atoms with Crippen LogP contribution >= 0.6 is 23.2 Å². The zero-order chi connectivity index (χ0) is 13.9. The van der Waals surface area contributed by atoms with Crippen LogP contribution in [0.2, 0.25) is 10.3 Å². The van der Waals surface area contributed by atoms with Gasteiger partial charge < -0.3 is 10.2 Å². The van der Waals surface area contributed by atoms with E-state index in [0.29, 0.717) is 0 Å². The molecule has 0 aliphatic carbocycles. The number of hydrogen-bond donors (Lipinski definition) is 1. The number of nitrogens with zero attached hydrogens (tertiary/aromatic N) is 3. The van der Waals surface area contributed by atoms with Crippen molar-refractivity contribution in [2.45, 2.75) is 13.0 Å². The summed E-state index contributed by atoms with van der Waals surface area (Å²) in [5, 5.41) is 9.50. The van der Waals surface area contributed by atoms with E-state index in [0.717, 1.165) is 0 Å². The molecule has 98 valence electrons. The fraction of sp³-hybridized carbons (Fsp3) is 0.400. The first-order valence-corrected chi connectivity index (χ1v) is 5.79. The third kappa shape index (κ3) is 3.54. The maximum absolute atomic E-state index is 11.9. The number of hydrogen-bond acceptors (Lipinski definition) is 4. The molecule has 1 aromatic heterocycles. The van der Waals surface area contributed by atoms with E-state index in [-0.39, 0.29) is 21.8 Å². The minimum absolute atomic E-state index is 0.0520. The third-order valence-electron chi connectivity index (χ3n) is 2.12. The van der Waals surface area contributed by atoms with Crippen molar-refractivity contribution in [3.8, 4) is 0 Å². The summed E-state index contributed by atoms with van der Waals surface area (Å²) in [6.45, 7) is 1.57. The van der Waals surface area contributed by atoms with Crippen LogP contribution in [0.5, 0.6) is 0 Å². The van der Waals surface area contributed by atoms with E-state index in [9.17, 15) is 9.59 Å². The predicted octanol–water partition coefficient (Wildman–Crippen LogP) is 0.990. The molecule has 0 radical (unpaired) electrons. The monoisotopic (exact) mass is 290 g/mol. The van der Waals surface area contributed by atoms with Gasteiger partial charge in [-0.2, -0.15) is 0 Å². The van der Waals surface area contributed by atoms with E-state index in [4.69, 9.17) is 23.2 Å². The number of carbonyl (C=O) groups is 2. The largest absolute Gasteiger partial charge is 0.347 e. The molecule has 2 amide bonds. The van der Waals surface area contributed by atoms with E-state index >= 15 is 0 Å². The van der Waals surface area contributed by atoms with E-state index in [2.05, 4.69) is 15.5 Å². The molecule has 18 heavy (non-hydrogen) atoms. The average molecular weight is 291 g/mol. The van der Waals surface area contributed by atoms with Crippen LogP contribution in [0.1, 0.15) is 17.3 Å². The lowest BCUT2D eigenvalue weighted by molar-refractivity contribution is -0.130. The van der Waals surface area contributed by atoms with Crippen molar-refractivity contribution in [3.05, 3.63) is 21.9 Å². The van der Waals surface area contributed by atoms with Crippen molar-refractivity contribution in [2.75, 3.05) is 14.1 Å². The molecule has 0 saturated carbocycles. The van der Waals surface area contributed by atoms with Crippen molar-refractivity contribution >= 4 is 35.0 Å². The van der Waals surface area contributed by atoms with Gasteiger partial charge in [-0.05, 0) is 13.0 Å². The first-order chi connectivity index (χ1) is 8.32. The molecule has 0 bridgehead atoms. The van der Waals surface area contributed by atoms with E-state index in [1.165, 1.54) is 11.0 Å². The Balaban J connectivity index is 2.83. The van der Waals surface area contributed by atoms with Crippen LogP contribution in [-0.2, 0) is 4.79 Å². The minimum atomic E-state index is -0.671. The highest BCUT2D eigenvalue weighted by molar-refractivity contribution is 6.34. The normalized spacial score (nSPS) is 11.8. The number of nitrogens with one attached hydrogen (secondary N) is 1. The molecule has 1 rings (SSSR count). The molecule has 0 fully saturated rings. The van der Waals surface area contributed by atoms with Crippen LogP contribution < -0.4 is 5.32 Å². The van der Waals surface area contributed by atoms with Crippen molar-refractivity contribution in [2.24, 2.45) is 0 Å². The van der Waals surface area contributed by atoms with Gasteiger partial charge in [0.15, 0.2) is 10.3 Å². The summed E-state index contributed by atoms with van der Waals surface area (Å²) in [7, 11) is 3.20. The topological polar surface area (TPSA) is 75.2 Å². The van der Waals surface area contributed by atoms with Gasteiger partial charge in [0.1, 0.15) is 6.04 Å². The van der Waals surface area contributed by atoms with E-state index < -0.39 is 11.9 Å². The van der Waals surface area contributed by atoms with Gasteiger partial charge in [-0.25, -0.2) is 0 Å². The zero-order valence-electron chi connectivity index (χ0n) is 10.1. The first-order valence-electron chi connectivity index (χ1n) is 5.03. The molecule has 0 spiro atoms. The molecule has 8 heteroatoms. The van der Waals surface area contributed by atoms with E-state index in [1.54, 1.807) is 21.0 Å². The number of halogens is 2. The zero-order valence-corrected chi connectivity index (χ0v) is 11.6. The maximum Gasteiger partial charge on any atom is 0.255 e. The lowest BCUT2D eigenvalue weighted by Crippen LogP contribution is -2.44. The minimum Gasteiger partial charge on any atom is -0.347 e. The Labute approximate surface area is 114 Å². The highest BCUT2D eigenvalue weighted by Gasteiger charge is 2.20. The Morgan fingerprint density at radius 1 is 1.33 bits per heavy atom. The summed E-state index contributed by atoms with van der Waals surface area (Å²) in [5.74, 6) is -0.757. The highest BCUT2D eigenvalue weighted by Crippen LogP contribution is 2.15. The molecule has 1 N–H and O–H groups in total. The lowest BCUT2D eigenvalue weighted by Gasteiger charge is -2.18. The van der Waals surface area contributed by atoms with Crippen LogP contribution in [0.4, 0.5) is 0 Å². The summed E-state index contributed by atoms with van der Waals surface area (Å²) in [4.78, 5) is 24.8. The molecular weight excluding hydrogens is 279 g/mol. The molecule has 0 aliphatic rings. The molecule has 1 atom stereocenters. The molecule has 1 aromatic rings. The van der Waals surface area contributed by atoms with Crippen LogP contribution in [0.3, 0.4) is 0 Å². The standard InChI is InChI=1S/C10H12Cl2N4O2/c1-5(10(18)16(2)3)13-9(17)6-4-7(11)14-15-8(6)12/h4-5H,1-3H3,(H,13,17). The van der Waals surface area contributed by atoms with Crippen LogP contribution in [0, 0.1) is 0 Å². The SMILES string of the molecule is CC(NC(=O)c1cc(Cl)nnc1Cl)C(=O)N(C)C. The molecule has 6 nitrogen and oxygen atoms in total. The number of aromatic nitrogens is 2. The van der Waals surface area contributed by atoms with Gasteiger partial charge in [0, 0.05) is 14.1 Å². The molecule has 1 heterocycles. The third-order valence-corrected chi connectivity index (χ3v) is 2.59. The summed E-state index contributed by atoms with van der Waals surface area (Å²) in [6, 6.07) is 0.620. The number of rotatable bonds is 3. The van der Waals surface area contributed by atoms with Gasteiger partial charge in [0.25, 0.3) is 5.91 Å². The van der Waals surface area contributed by atoms with Gasteiger partial charge >= 0.3 is 0 Å². The summed E-state index contributed by atoms with van der Waals surface area (Å²) < 4.78 is 0. The fourth-order valence-corrected chi connectivity index (χ4v) is 1.56. The summed E-state index contributed by atoms with van der Waals surface area (Å²) in [6.07, 6.45) is 0. The Hall–Kier alpha value is -1.40. The highest BCUT2D eigenvalue weighted by atomic mass is 35.5. The summed E-state index contributed by atoms with van der Waals surface area (Å²) in [5.41, 5.74) is 0.0788. The smallest absolute Gasteiger partial charge is 0.255 e. The van der Waals surface area contributed by atoms with Crippen molar-refractivity contribution < 1.29 is 9.59 Å². The van der Waals surface area contributed by atoms with Gasteiger partial charge in [-0.1, -0.05) is 23.2 Å². The molecule has 0 aliphatic heterocycles. The van der Waals surface area contributed by atoms with Gasteiger partial charge in [-0.3, -0.25) is 9.59 Å². The van der Waals surface area contributed by atoms with Crippen molar-refractivity contribution in [3.63, 3.8) is 0 Å². The molecular formula is C10H12Cl2N4O2. The second-order valence-electron chi connectivity index (χ2n) is 3.80. The second kappa shape index (κ2) is 5.97. The van der Waals surface area contributed by atoms with Crippen molar-refractivity contribution in [1.82, 2.24) is 20.4 Å². The van der Waals surface area contributed by atoms with E-state index in [1.807, 2.05) is 0 Å². The Morgan fingerprint density at radius 2 is 1.94 bits per heavy atom. The van der Waals surface area contributed by atoms with Crippen molar-refractivity contribution in [1.29, 1.82) is 0 Å². The Kier molecular flexibility index (Phi) is 4.86.